The number of hydrogen-bond donors (Lipinski definition) is 2. The van der Waals surface area contributed by atoms with E-state index in [0.717, 1.165) is 22.0 Å². The summed E-state index contributed by atoms with van der Waals surface area (Å²) in [4.78, 5) is 12.6. The average Bonchev–Trinajstić information content (AvgIpc) is 2.73. The van der Waals surface area contributed by atoms with Crippen LogP contribution in [0.4, 0.5) is 11.4 Å². The van der Waals surface area contributed by atoms with Gasteiger partial charge in [0, 0.05) is 24.5 Å². The summed E-state index contributed by atoms with van der Waals surface area (Å²) in [6, 6.07) is 18.6. The van der Waals surface area contributed by atoms with E-state index in [9.17, 15) is 13.2 Å². The van der Waals surface area contributed by atoms with Gasteiger partial charge in [-0.15, -0.1) is 0 Å². The van der Waals surface area contributed by atoms with E-state index in [4.69, 9.17) is 0 Å². The molecule has 0 aliphatic rings. The minimum atomic E-state index is -3.56. The molecule has 0 aliphatic heterocycles. The third-order valence-electron chi connectivity index (χ3n) is 5.02. The highest BCUT2D eigenvalue weighted by Gasteiger charge is 2.22. The summed E-state index contributed by atoms with van der Waals surface area (Å²) < 4.78 is 26.9. The second-order valence-electron chi connectivity index (χ2n) is 7.03. The minimum absolute atomic E-state index is 0.0302. The maximum atomic E-state index is 12.8. The number of hydrogen-bond acceptors (Lipinski definition) is 4. The number of amides is 1. The summed E-state index contributed by atoms with van der Waals surface area (Å²) in [5.74, 6) is -0.207. The number of rotatable bonds is 8. The van der Waals surface area contributed by atoms with Crippen LogP contribution in [0.1, 0.15) is 19.4 Å². The molecule has 1 amide bonds. The van der Waals surface area contributed by atoms with Crippen molar-refractivity contribution in [2.45, 2.75) is 25.7 Å². The first-order valence-electron chi connectivity index (χ1n) is 9.98. The van der Waals surface area contributed by atoms with E-state index in [-0.39, 0.29) is 17.3 Å². The van der Waals surface area contributed by atoms with E-state index in [1.807, 2.05) is 63.2 Å². The van der Waals surface area contributed by atoms with Gasteiger partial charge in [0.25, 0.3) is 0 Å². The van der Waals surface area contributed by atoms with E-state index in [0.29, 0.717) is 18.8 Å². The molecule has 0 fully saturated rings. The van der Waals surface area contributed by atoms with Crippen molar-refractivity contribution in [1.82, 2.24) is 4.31 Å². The third-order valence-corrected chi connectivity index (χ3v) is 7.07. The number of nitrogens with one attached hydrogen (secondary N) is 2. The lowest BCUT2D eigenvalue weighted by atomic mass is 10.1. The Hall–Kier alpha value is -2.90. The van der Waals surface area contributed by atoms with Crippen molar-refractivity contribution >= 4 is 38.1 Å². The SMILES string of the molecule is CCN(CC)S(=O)(=O)c1ccc(C)c(NCC(=O)Nc2ccc3ccccc3c2)c1. The van der Waals surface area contributed by atoms with E-state index in [2.05, 4.69) is 10.6 Å². The van der Waals surface area contributed by atoms with Gasteiger partial charge in [-0.25, -0.2) is 8.42 Å². The summed E-state index contributed by atoms with van der Waals surface area (Å²) in [6.07, 6.45) is 0. The van der Waals surface area contributed by atoms with Gasteiger partial charge >= 0.3 is 0 Å². The molecule has 0 saturated heterocycles. The molecule has 6 nitrogen and oxygen atoms in total. The van der Waals surface area contributed by atoms with Gasteiger partial charge in [0.2, 0.25) is 15.9 Å². The first kappa shape index (κ1) is 21.8. The van der Waals surface area contributed by atoms with Crippen LogP contribution < -0.4 is 10.6 Å². The number of carbonyl (C=O) groups excluding carboxylic acids is 1. The van der Waals surface area contributed by atoms with Crippen molar-refractivity contribution in [3.8, 4) is 0 Å². The van der Waals surface area contributed by atoms with Crippen LogP contribution in [-0.4, -0.2) is 38.3 Å². The number of sulfonamides is 1. The van der Waals surface area contributed by atoms with Crippen LogP contribution in [0.25, 0.3) is 10.8 Å². The molecule has 0 radical (unpaired) electrons. The zero-order valence-corrected chi connectivity index (χ0v) is 18.3. The van der Waals surface area contributed by atoms with Gasteiger partial charge in [0.15, 0.2) is 0 Å². The third kappa shape index (κ3) is 4.80. The van der Waals surface area contributed by atoms with Crippen LogP contribution in [-0.2, 0) is 14.8 Å². The molecule has 158 valence electrons. The number of anilines is 2. The van der Waals surface area contributed by atoms with Crippen molar-refractivity contribution < 1.29 is 13.2 Å². The summed E-state index contributed by atoms with van der Waals surface area (Å²) in [5.41, 5.74) is 2.21. The molecular weight excluding hydrogens is 398 g/mol. The van der Waals surface area contributed by atoms with Crippen LogP contribution in [0.2, 0.25) is 0 Å². The minimum Gasteiger partial charge on any atom is -0.376 e. The second kappa shape index (κ2) is 9.28. The maximum absolute atomic E-state index is 12.8. The lowest BCUT2D eigenvalue weighted by Crippen LogP contribution is -2.30. The Balaban J connectivity index is 1.70. The number of carbonyl (C=O) groups is 1. The highest BCUT2D eigenvalue weighted by atomic mass is 32.2. The van der Waals surface area contributed by atoms with Crippen LogP contribution in [0.3, 0.4) is 0 Å². The molecule has 7 heteroatoms. The zero-order valence-electron chi connectivity index (χ0n) is 17.5. The van der Waals surface area contributed by atoms with Gasteiger partial charge < -0.3 is 10.6 Å². The summed E-state index contributed by atoms with van der Waals surface area (Å²) in [6.45, 7) is 6.34. The van der Waals surface area contributed by atoms with E-state index in [1.54, 1.807) is 18.2 Å². The number of benzene rings is 3. The molecule has 3 aromatic rings. The molecule has 0 atom stereocenters. The molecule has 30 heavy (non-hydrogen) atoms. The fourth-order valence-electron chi connectivity index (χ4n) is 3.31. The van der Waals surface area contributed by atoms with Gasteiger partial charge in [-0.1, -0.05) is 50.2 Å². The molecule has 2 N–H and O–H groups in total. The summed E-state index contributed by atoms with van der Waals surface area (Å²) in [7, 11) is -3.56. The van der Waals surface area contributed by atoms with Crippen molar-refractivity contribution in [1.29, 1.82) is 0 Å². The molecule has 3 rings (SSSR count). The molecule has 0 bridgehead atoms. The Morgan fingerprint density at radius 2 is 1.63 bits per heavy atom. The predicted octanol–water partition coefficient (Wildman–Crippen LogP) is 4.23. The van der Waals surface area contributed by atoms with Gasteiger partial charge in [0.1, 0.15) is 0 Å². The first-order valence-corrected chi connectivity index (χ1v) is 11.4. The average molecular weight is 426 g/mol. The molecule has 0 aliphatic carbocycles. The van der Waals surface area contributed by atoms with E-state index < -0.39 is 10.0 Å². The fourth-order valence-corrected chi connectivity index (χ4v) is 4.80. The molecule has 3 aromatic carbocycles. The lowest BCUT2D eigenvalue weighted by molar-refractivity contribution is -0.114. The molecule has 0 aromatic heterocycles. The number of nitrogens with zero attached hydrogens (tertiary/aromatic N) is 1. The van der Waals surface area contributed by atoms with E-state index >= 15 is 0 Å². The molecular formula is C23H27N3O3S. The Labute approximate surface area is 178 Å². The standard InChI is InChI=1S/C23H27N3O3S/c1-4-26(5-2)30(28,29)21-13-10-17(3)22(15-21)24-16-23(27)25-20-12-11-18-8-6-7-9-19(18)14-20/h6-15,24H,4-5,16H2,1-3H3,(H,25,27). The van der Waals surface area contributed by atoms with Crippen LogP contribution in [0, 0.1) is 6.92 Å². The number of fused-ring (bicyclic) bond motifs is 1. The highest BCUT2D eigenvalue weighted by molar-refractivity contribution is 7.89. The molecule has 0 unspecified atom stereocenters. The Morgan fingerprint density at radius 3 is 2.33 bits per heavy atom. The van der Waals surface area contributed by atoms with Gasteiger partial charge in [-0.3, -0.25) is 4.79 Å². The topological polar surface area (TPSA) is 78.5 Å². The van der Waals surface area contributed by atoms with Crippen LogP contribution in [0.15, 0.2) is 65.6 Å². The quantitative estimate of drug-likeness (QED) is 0.566. The Morgan fingerprint density at radius 1 is 0.933 bits per heavy atom. The van der Waals surface area contributed by atoms with Crippen LogP contribution >= 0.6 is 0 Å². The van der Waals surface area contributed by atoms with Crippen molar-refractivity contribution in [3.05, 3.63) is 66.2 Å². The highest BCUT2D eigenvalue weighted by Crippen LogP contribution is 2.23. The lowest BCUT2D eigenvalue weighted by Gasteiger charge is -2.19. The fraction of sp³-hybridized carbons (Fsp3) is 0.261. The smallest absolute Gasteiger partial charge is 0.243 e. The van der Waals surface area contributed by atoms with Gasteiger partial charge in [-0.05, 0) is 47.5 Å². The zero-order chi connectivity index (χ0) is 21.7. The van der Waals surface area contributed by atoms with Crippen molar-refractivity contribution in [3.63, 3.8) is 0 Å². The Kier molecular flexibility index (Phi) is 6.74. The van der Waals surface area contributed by atoms with Gasteiger partial charge in [0.05, 0.1) is 11.4 Å². The predicted molar refractivity (Wildman–Crippen MR) is 122 cm³/mol. The number of aryl methyl sites for hydroxylation is 1. The first-order chi connectivity index (χ1) is 14.3. The summed E-state index contributed by atoms with van der Waals surface area (Å²) >= 11 is 0. The molecule has 0 heterocycles. The normalized spacial score (nSPS) is 11.6. The van der Waals surface area contributed by atoms with Crippen molar-refractivity contribution in [2.24, 2.45) is 0 Å². The van der Waals surface area contributed by atoms with Crippen LogP contribution in [0.5, 0.6) is 0 Å². The van der Waals surface area contributed by atoms with E-state index in [1.165, 1.54) is 4.31 Å². The summed E-state index contributed by atoms with van der Waals surface area (Å²) in [5, 5.41) is 8.10. The molecule has 0 spiro atoms. The second-order valence-corrected chi connectivity index (χ2v) is 8.97. The monoisotopic (exact) mass is 425 g/mol. The Bertz CT molecular complexity index is 1160. The maximum Gasteiger partial charge on any atom is 0.243 e. The molecule has 0 saturated carbocycles. The van der Waals surface area contributed by atoms with Crippen molar-refractivity contribution in [2.75, 3.05) is 30.3 Å². The largest absolute Gasteiger partial charge is 0.376 e. The van der Waals surface area contributed by atoms with Gasteiger partial charge in [-0.2, -0.15) is 4.31 Å².